The Kier molecular flexibility index (Phi) is 4.83. The van der Waals surface area contributed by atoms with E-state index in [1.54, 1.807) is 0 Å². The standard InChI is InChI=1S/C14H28N2O/c1-15(2)12-9-10-16(11-12)13-7-5-3-4-6-8-14(13)17/h12-14,17H,3-11H2,1-2H3. The summed E-state index contributed by atoms with van der Waals surface area (Å²) in [5, 5.41) is 10.3. The van der Waals surface area contributed by atoms with Gasteiger partial charge in [0.25, 0.3) is 0 Å². The lowest BCUT2D eigenvalue weighted by molar-refractivity contribution is 0.0402. The summed E-state index contributed by atoms with van der Waals surface area (Å²) in [7, 11) is 4.34. The van der Waals surface area contributed by atoms with Crippen molar-refractivity contribution in [1.29, 1.82) is 0 Å². The number of hydrogen-bond acceptors (Lipinski definition) is 3. The van der Waals surface area contributed by atoms with Crippen LogP contribution in [0.3, 0.4) is 0 Å². The van der Waals surface area contributed by atoms with E-state index in [1.807, 2.05) is 0 Å². The lowest BCUT2D eigenvalue weighted by atomic mass is 9.93. The Morgan fingerprint density at radius 3 is 2.35 bits per heavy atom. The molecule has 0 spiro atoms. The minimum atomic E-state index is -0.0868. The molecule has 0 radical (unpaired) electrons. The molecule has 2 fully saturated rings. The third-order valence-electron chi connectivity index (χ3n) is 4.59. The van der Waals surface area contributed by atoms with E-state index in [0.29, 0.717) is 12.1 Å². The van der Waals surface area contributed by atoms with Gasteiger partial charge >= 0.3 is 0 Å². The number of rotatable bonds is 2. The predicted octanol–water partition coefficient (Wildman–Crippen LogP) is 1.71. The summed E-state index contributed by atoms with van der Waals surface area (Å²) in [5.74, 6) is 0. The smallest absolute Gasteiger partial charge is 0.0695 e. The summed E-state index contributed by atoms with van der Waals surface area (Å²) in [6.07, 6.45) is 8.55. The van der Waals surface area contributed by atoms with Gasteiger partial charge in [0.2, 0.25) is 0 Å². The zero-order valence-electron chi connectivity index (χ0n) is 11.4. The van der Waals surface area contributed by atoms with Gasteiger partial charge in [0, 0.05) is 25.2 Å². The molecule has 3 heteroatoms. The van der Waals surface area contributed by atoms with Crippen LogP contribution in [0.2, 0.25) is 0 Å². The summed E-state index contributed by atoms with van der Waals surface area (Å²) in [5.41, 5.74) is 0. The average Bonchev–Trinajstić information content (AvgIpc) is 2.73. The van der Waals surface area contributed by atoms with Gasteiger partial charge in [-0.05, 0) is 33.4 Å². The van der Waals surface area contributed by atoms with E-state index < -0.39 is 0 Å². The van der Waals surface area contributed by atoms with Crippen molar-refractivity contribution < 1.29 is 5.11 Å². The normalized spacial score (nSPS) is 37.1. The van der Waals surface area contributed by atoms with Crippen LogP contribution in [0.1, 0.15) is 44.9 Å². The van der Waals surface area contributed by atoms with E-state index in [1.165, 1.54) is 45.1 Å². The van der Waals surface area contributed by atoms with Crippen molar-refractivity contribution in [1.82, 2.24) is 9.80 Å². The van der Waals surface area contributed by atoms with E-state index in [9.17, 15) is 5.11 Å². The molecular weight excluding hydrogens is 212 g/mol. The first-order chi connectivity index (χ1) is 8.18. The highest BCUT2D eigenvalue weighted by Gasteiger charge is 2.32. The number of nitrogens with zero attached hydrogens (tertiary/aromatic N) is 2. The summed E-state index contributed by atoms with van der Waals surface area (Å²) >= 11 is 0. The summed E-state index contributed by atoms with van der Waals surface area (Å²) in [6.45, 7) is 2.32. The monoisotopic (exact) mass is 240 g/mol. The zero-order valence-corrected chi connectivity index (χ0v) is 11.4. The first kappa shape index (κ1) is 13.3. The lowest BCUT2D eigenvalue weighted by Crippen LogP contribution is -2.44. The highest BCUT2D eigenvalue weighted by Crippen LogP contribution is 2.25. The third kappa shape index (κ3) is 3.43. The molecule has 1 aliphatic heterocycles. The maximum Gasteiger partial charge on any atom is 0.0695 e. The highest BCUT2D eigenvalue weighted by atomic mass is 16.3. The number of hydrogen-bond donors (Lipinski definition) is 1. The van der Waals surface area contributed by atoms with Crippen LogP contribution >= 0.6 is 0 Å². The molecule has 2 aliphatic rings. The van der Waals surface area contributed by atoms with Gasteiger partial charge in [0.1, 0.15) is 0 Å². The van der Waals surface area contributed by atoms with Crippen LogP contribution < -0.4 is 0 Å². The van der Waals surface area contributed by atoms with Crippen molar-refractivity contribution in [3.8, 4) is 0 Å². The van der Waals surface area contributed by atoms with E-state index in [2.05, 4.69) is 23.9 Å². The minimum absolute atomic E-state index is 0.0868. The first-order valence-electron chi connectivity index (χ1n) is 7.27. The number of likely N-dealkylation sites (tertiary alicyclic amines) is 1. The first-order valence-corrected chi connectivity index (χ1v) is 7.27. The molecule has 0 aromatic rings. The van der Waals surface area contributed by atoms with E-state index in [4.69, 9.17) is 0 Å². The molecule has 0 bridgehead atoms. The average molecular weight is 240 g/mol. The summed E-state index contributed by atoms with van der Waals surface area (Å²) < 4.78 is 0. The van der Waals surface area contributed by atoms with Gasteiger partial charge in [-0.15, -0.1) is 0 Å². The summed E-state index contributed by atoms with van der Waals surface area (Å²) in [4.78, 5) is 4.87. The molecular formula is C14H28N2O. The molecule has 1 N–H and O–H groups in total. The molecule has 2 rings (SSSR count). The molecule has 0 amide bonds. The predicted molar refractivity (Wildman–Crippen MR) is 71.2 cm³/mol. The van der Waals surface area contributed by atoms with Crippen molar-refractivity contribution in [2.45, 2.75) is 63.1 Å². The molecule has 0 aromatic heterocycles. The van der Waals surface area contributed by atoms with Gasteiger partial charge in [-0.3, -0.25) is 4.90 Å². The second kappa shape index (κ2) is 6.17. The third-order valence-corrected chi connectivity index (χ3v) is 4.59. The maximum atomic E-state index is 10.3. The van der Waals surface area contributed by atoms with Gasteiger partial charge in [-0.1, -0.05) is 25.7 Å². The Hall–Kier alpha value is -0.120. The Balaban J connectivity index is 1.90. The van der Waals surface area contributed by atoms with Crippen LogP contribution in [-0.4, -0.2) is 60.3 Å². The molecule has 1 saturated carbocycles. The molecule has 100 valence electrons. The molecule has 17 heavy (non-hydrogen) atoms. The Morgan fingerprint density at radius 2 is 1.71 bits per heavy atom. The van der Waals surface area contributed by atoms with Crippen LogP contribution in [-0.2, 0) is 0 Å². The lowest BCUT2D eigenvalue weighted by Gasteiger charge is -2.33. The van der Waals surface area contributed by atoms with Gasteiger partial charge in [-0.25, -0.2) is 0 Å². The molecule has 1 saturated heterocycles. The van der Waals surface area contributed by atoms with Crippen molar-refractivity contribution >= 4 is 0 Å². The molecule has 1 heterocycles. The fraction of sp³-hybridized carbons (Fsp3) is 1.00. The van der Waals surface area contributed by atoms with E-state index in [0.717, 1.165) is 13.0 Å². The van der Waals surface area contributed by atoms with E-state index >= 15 is 0 Å². The van der Waals surface area contributed by atoms with Crippen molar-refractivity contribution in [2.75, 3.05) is 27.2 Å². The van der Waals surface area contributed by atoms with Crippen molar-refractivity contribution in [2.24, 2.45) is 0 Å². The summed E-state index contributed by atoms with van der Waals surface area (Å²) in [6, 6.07) is 1.12. The molecule has 1 aliphatic carbocycles. The number of likely N-dealkylation sites (N-methyl/N-ethyl adjacent to an activating group) is 1. The van der Waals surface area contributed by atoms with Gasteiger partial charge in [-0.2, -0.15) is 0 Å². The topological polar surface area (TPSA) is 26.7 Å². The quantitative estimate of drug-likeness (QED) is 0.796. The van der Waals surface area contributed by atoms with Crippen LogP contribution in [0.25, 0.3) is 0 Å². The zero-order chi connectivity index (χ0) is 12.3. The minimum Gasteiger partial charge on any atom is -0.391 e. The molecule has 3 nitrogen and oxygen atoms in total. The Bertz CT molecular complexity index is 232. The van der Waals surface area contributed by atoms with Gasteiger partial charge in [0.15, 0.2) is 0 Å². The van der Waals surface area contributed by atoms with Crippen LogP contribution in [0.5, 0.6) is 0 Å². The second-order valence-corrected chi connectivity index (χ2v) is 6.03. The fourth-order valence-corrected chi connectivity index (χ4v) is 3.36. The fourth-order valence-electron chi connectivity index (χ4n) is 3.36. The SMILES string of the molecule is CN(C)C1CCN(C2CCCCCCC2O)C1. The van der Waals surface area contributed by atoms with Gasteiger partial charge in [0.05, 0.1) is 6.10 Å². The molecule has 0 aromatic carbocycles. The number of aliphatic hydroxyl groups is 1. The van der Waals surface area contributed by atoms with Crippen molar-refractivity contribution in [3.63, 3.8) is 0 Å². The van der Waals surface area contributed by atoms with Crippen LogP contribution in [0.15, 0.2) is 0 Å². The van der Waals surface area contributed by atoms with Gasteiger partial charge < -0.3 is 10.0 Å². The highest BCUT2D eigenvalue weighted by molar-refractivity contribution is 4.89. The van der Waals surface area contributed by atoms with Crippen LogP contribution in [0.4, 0.5) is 0 Å². The largest absolute Gasteiger partial charge is 0.391 e. The number of aliphatic hydroxyl groups excluding tert-OH is 1. The van der Waals surface area contributed by atoms with Crippen LogP contribution in [0, 0.1) is 0 Å². The Morgan fingerprint density at radius 1 is 1.00 bits per heavy atom. The molecule has 3 unspecified atom stereocenters. The molecule has 3 atom stereocenters. The Labute approximate surface area is 106 Å². The maximum absolute atomic E-state index is 10.3. The van der Waals surface area contributed by atoms with E-state index in [-0.39, 0.29) is 6.10 Å². The van der Waals surface area contributed by atoms with Crippen molar-refractivity contribution in [3.05, 3.63) is 0 Å². The second-order valence-electron chi connectivity index (χ2n) is 6.03.